The predicted molar refractivity (Wildman–Crippen MR) is 96.1 cm³/mol. The first kappa shape index (κ1) is 17.8. The number of carbonyl (C=O) groups excluding carboxylic acids is 2. The van der Waals surface area contributed by atoms with Gasteiger partial charge in [-0.2, -0.15) is 0 Å². The molecule has 1 aromatic heterocycles. The molecule has 1 aliphatic heterocycles. The topological polar surface area (TPSA) is 65.8 Å². The second-order valence-electron chi connectivity index (χ2n) is 5.72. The second kappa shape index (κ2) is 7.91. The molecule has 0 saturated carbocycles. The van der Waals surface area contributed by atoms with E-state index in [9.17, 15) is 9.59 Å². The molecule has 0 aliphatic carbocycles. The summed E-state index contributed by atoms with van der Waals surface area (Å²) in [5, 5.41) is 3.69. The first-order valence-electron chi connectivity index (χ1n) is 7.83. The van der Waals surface area contributed by atoms with E-state index in [0.717, 1.165) is 0 Å². The van der Waals surface area contributed by atoms with Crippen LogP contribution in [-0.2, 0) is 4.79 Å². The Bertz CT molecular complexity index is 757. The molecule has 1 fully saturated rings. The number of hydrogen-bond donors (Lipinski definition) is 1. The number of halogens is 2. The van der Waals surface area contributed by atoms with Crippen LogP contribution in [0.3, 0.4) is 0 Å². The number of furan rings is 1. The van der Waals surface area contributed by atoms with Gasteiger partial charge in [0.2, 0.25) is 5.91 Å². The smallest absolute Gasteiger partial charge is 0.289 e. The molecule has 0 radical (unpaired) electrons. The minimum absolute atomic E-state index is 0.123. The highest BCUT2D eigenvalue weighted by atomic mass is 35.5. The minimum Gasteiger partial charge on any atom is -0.459 e. The first-order chi connectivity index (χ1) is 12.0. The SMILES string of the molecule is O=C(CN1CCN(C(=O)c2ccco2)CC1)Nc1ccc(Cl)cc1Cl. The summed E-state index contributed by atoms with van der Waals surface area (Å²) in [6.07, 6.45) is 1.48. The Kier molecular flexibility index (Phi) is 5.63. The average Bonchev–Trinajstić information content (AvgIpc) is 3.12. The molecular weight excluding hydrogens is 365 g/mol. The lowest BCUT2D eigenvalue weighted by molar-refractivity contribution is -0.117. The maximum Gasteiger partial charge on any atom is 0.289 e. The number of piperazine rings is 1. The molecule has 0 spiro atoms. The Morgan fingerprint density at radius 2 is 1.88 bits per heavy atom. The fraction of sp³-hybridized carbons (Fsp3) is 0.294. The van der Waals surface area contributed by atoms with Crippen LogP contribution in [0.5, 0.6) is 0 Å². The highest BCUT2D eigenvalue weighted by molar-refractivity contribution is 6.36. The lowest BCUT2D eigenvalue weighted by Crippen LogP contribution is -2.50. The largest absolute Gasteiger partial charge is 0.459 e. The number of anilines is 1. The van der Waals surface area contributed by atoms with Crippen LogP contribution in [-0.4, -0.2) is 54.3 Å². The van der Waals surface area contributed by atoms with Gasteiger partial charge in [0.05, 0.1) is 23.5 Å². The van der Waals surface area contributed by atoms with Crippen molar-refractivity contribution in [3.05, 3.63) is 52.4 Å². The molecule has 25 heavy (non-hydrogen) atoms. The van der Waals surface area contributed by atoms with E-state index in [2.05, 4.69) is 5.32 Å². The van der Waals surface area contributed by atoms with Crippen LogP contribution in [0.1, 0.15) is 10.6 Å². The van der Waals surface area contributed by atoms with Crippen LogP contribution in [0.4, 0.5) is 5.69 Å². The molecule has 0 atom stereocenters. The van der Waals surface area contributed by atoms with Gasteiger partial charge in [-0.25, -0.2) is 0 Å². The maximum atomic E-state index is 12.2. The molecule has 8 heteroatoms. The predicted octanol–water partition coefficient (Wildman–Crippen LogP) is 2.98. The number of benzene rings is 1. The molecule has 1 N–H and O–H groups in total. The zero-order valence-electron chi connectivity index (χ0n) is 13.4. The Morgan fingerprint density at radius 3 is 2.52 bits per heavy atom. The Labute approximate surface area is 155 Å². The molecule has 6 nitrogen and oxygen atoms in total. The van der Waals surface area contributed by atoms with Crippen LogP contribution in [0.2, 0.25) is 10.0 Å². The molecule has 1 aromatic carbocycles. The number of carbonyl (C=O) groups is 2. The van der Waals surface area contributed by atoms with Crippen LogP contribution >= 0.6 is 23.2 Å². The van der Waals surface area contributed by atoms with E-state index in [0.29, 0.717) is 47.7 Å². The summed E-state index contributed by atoms with van der Waals surface area (Å²) in [4.78, 5) is 28.1. The van der Waals surface area contributed by atoms with Crippen LogP contribution in [0.15, 0.2) is 41.0 Å². The van der Waals surface area contributed by atoms with Crippen molar-refractivity contribution in [2.75, 3.05) is 38.0 Å². The van der Waals surface area contributed by atoms with Crippen molar-refractivity contribution in [1.29, 1.82) is 0 Å². The van der Waals surface area contributed by atoms with Gasteiger partial charge in [-0.15, -0.1) is 0 Å². The second-order valence-corrected chi connectivity index (χ2v) is 6.56. The van der Waals surface area contributed by atoms with E-state index in [1.165, 1.54) is 6.26 Å². The summed E-state index contributed by atoms with van der Waals surface area (Å²) in [5.41, 5.74) is 0.530. The van der Waals surface area contributed by atoms with Crippen molar-refractivity contribution in [2.45, 2.75) is 0 Å². The lowest BCUT2D eigenvalue weighted by atomic mass is 10.2. The zero-order valence-corrected chi connectivity index (χ0v) is 14.9. The molecule has 1 saturated heterocycles. The fourth-order valence-electron chi connectivity index (χ4n) is 2.65. The number of hydrogen-bond acceptors (Lipinski definition) is 4. The molecule has 2 amide bonds. The monoisotopic (exact) mass is 381 g/mol. The van der Waals surface area contributed by atoms with Gasteiger partial charge in [-0.05, 0) is 30.3 Å². The van der Waals surface area contributed by atoms with Crippen molar-refractivity contribution >= 4 is 40.7 Å². The highest BCUT2D eigenvalue weighted by Gasteiger charge is 2.24. The number of nitrogens with one attached hydrogen (secondary N) is 1. The quantitative estimate of drug-likeness (QED) is 0.883. The highest BCUT2D eigenvalue weighted by Crippen LogP contribution is 2.25. The summed E-state index contributed by atoms with van der Waals surface area (Å²) in [7, 11) is 0. The van der Waals surface area contributed by atoms with Gasteiger partial charge in [0.25, 0.3) is 5.91 Å². The standard InChI is InChI=1S/C17H17Cl2N3O3/c18-12-3-4-14(13(19)10-12)20-16(23)11-21-5-7-22(8-6-21)17(24)15-2-1-9-25-15/h1-4,9-10H,5-8,11H2,(H,20,23). The minimum atomic E-state index is -0.157. The zero-order chi connectivity index (χ0) is 17.8. The molecule has 0 bridgehead atoms. The third-order valence-electron chi connectivity index (χ3n) is 3.96. The summed E-state index contributed by atoms with van der Waals surface area (Å²) in [6.45, 7) is 2.58. The van der Waals surface area contributed by atoms with Crippen LogP contribution in [0.25, 0.3) is 0 Å². The molecule has 1 aliphatic rings. The summed E-state index contributed by atoms with van der Waals surface area (Å²) >= 11 is 11.9. The van der Waals surface area contributed by atoms with Gasteiger partial charge in [0.1, 0.15) is 0 Å². The molecule has 3 rings (SSSR count). The molecule has 132 valence electrons. The third-order valence-corrected chi connectivity index (χ3v) is 4.51. The van der Waals surface area contributed by atoms with E-state index < -0.39 is 0 Å². The molecule has 2 aromatic rings. The van der Waals surface area contributed by atoms with Gasteiger partial charge in [0.15, 0.2) is 5.76 Å². The Balaban J connectivity index is 1.48. The summed E-state index contributed by atoms with van der Waals surface area (Å²) in [6, 6.07) is 8.26. The van der Waals surface area contributed by atoms with Crippen molar-refractivity contribution in [2.24, 2.45) is 0 Å². The summed E-state index contributed by atoms with van der Waals surface area (Å²) < 4.78 is 5.14. The van der Waals surface area contributed by atoms with Crippen molar-refractivity contribution in [3.8, 4) is 0 Å². The maximum absolute atomic E-state index is 12.2. The fourth-order valence-corrected chi connectivity index (χ4v) is 3.10. The van der Waals surface area contributed by atoms with Gasteiger partial charge in [-0.1, -0.05) is 23.2 Å². The van der Waals surface area contributed by atoms with E-state index >= 15 is 0 Å². The number of rotatable bonds is 4. The molecule has 0 unspecified atom stereocenters. The summed E-state index contributed by atoms with van der Waals surface area (Å²) in [5.74, 6) is 0.0562. The molecular formula is C17H17Cl2N3O3. The lowest BCUT2D eigenvalue weighted by Gasteiger charge is -2.33. The Hall–Kier alpha value is -2.02. The Morgan fingerprint density at radius 1 is 1.12 bits per heavy atom. The number of amides is 2. The van der Waals surface area contributed by atoms with E-state index in [-0.39, 0.29) is 18.4 Å². The van der Waals surface area contributed by atoms with E-state index in [4.69, 9.17) is 27.6 Å². The van der Waals surface area contributed by atoms with Gasteiger partial charge in [-0.3, -0.25) is 14.5 Å². The van der Waals surface area contributed by atoms with Gasteiger partial charge < -0.3 is 14.6 Å². The van der Waals surface area contributed by atoms with E-state index in [1.807, 2.05) is 4.90 Å². The van der Waals surface area contributed by atoms with E-state index in [1.54, 1.807) is 35.2 Å². The van der Waals surface area contributed by atoms with Crippen LogP contribution < -0.4 is 5.32 Å². The van der Waals surface area contributed by atoms with Crippen molar-refractivity contribution in [1.82, 2.24) is 9.80 Å². The first-order valence-corrected chi connectivity index (χ1v) is 8.58. The van der Waals surface area contributed by atoms with Crippen molar-refractivity contribution in [3.63, 3.8) is 0 Å². The van der Waals surface area contributed by atoms with Gasteiger partial charge in [0, 0.05) is 31.2 Å². The average molecular weight is 382 g/mol. The third kappa shape index (κ3) is 4.54. The molecule has 2 heterocycles. The normalized spacial score (nSPS) is 15.2. The van der Waals surface area contributed by atoms with Crippen molar-refractivity contribution < 1.29 is 14.0 Å². The number of nitrogens with zero attached hydrogens (tertiary/aromatic N) is 2. The van der Waals surface area contributed by atoms with Crippen LogP contribution in [0, 0.1) is 0 Å². The van der Waals surface area contributed by atoms with Gasteiger partial charge >= 0.3 is 0 Å².